The molecule has 3 aromatic rings. The van der Waals surface area contributed by atoms with Gasteiger partial charge in [-0.3, -0.25) is 9.59 Å². The van der Waals surface area contributed by atoms with Crippen molar-refractivity contribution in [1.82, 2.24) is 5.32 Å². The number of carbonyl (C=O) groups excluding carboxylic acids is 1. The molecule has 0 aliphatic carbocycles. The maximum absolute atomic E-state index is 12.8. The zero-order valence-corrected chi connectivity index (χ0v) is 17.8. The summed E-state index contributed by atoms with van der Waals surface area (Å²) in [4.78, 5) is 25.2. The number of fused-ring (bicyclic) bond motifs is 1. The van der Waals surface area contributed by atoms with Gasteiger partial charge in [0.15, 0.2) is 9.84 Å². The molecule has 8 nitrogen and oxygen atoms in total. The van der Waals surface area contributed by atoms with E-state index in [9.17, 15) is 18.0 Å². The third-order valence-corrected chi connectivity index (χ3v) is 6.89. The van der Waals surface area contributed by atoms with E-state index in [0.717, 1.165) is 0 Å². The summed E-state index contributed by atoms with van der Waals surface area (Å²) < 4.78 is 39.7. The molecule has 1 aromatic heterocycles. The third kappa shape index (κ3) is 4.41. The monoisotopic (exact) mass is 443 g/mol. The molecular weight excluding hydrogens is 422 g/mol. The summed E-state index contributed by atoms with van der Waals surface area (Å²) in [5.41, 5.74) is 0.451. The molecule has 9 heteroatoms. The van der Waals surface area contributed by atoms with Crippen molar-refractivity contribution in [3.8, 4) is 17.2 Å². The van der Waals surface area contributed by atoms with Gasteiger partial charge in [-0.25, -0.2) is 8.42 Å². The first-order chi connectivity index (χ1) is 14.8. The molecule has 0 saturated carbocycles. The molecule has 1 aliphatic rings. The molecule has 1 aliphatic heterocycles. The van der Waals surface area contributed by atoms with E-state index in [4.69, 9.17) is 13.9 Å². The number of methoxy groups -OCH3 is 1. The van der Waals surface area contributed by atoms with Crippen molar-refractivity contribution in [2.75, 3.05) is 18.6 Å². The maximum atomic E-state index is 12.8. The second-order valence-corrected chi connectivity index (χ2v) is 9.61. The third-order valence-electron chi connectivity index (χ3n) is 5.13. The molecule has 1 saturated heterocycles. The highest BCUT2D eigenvalue weighted by atomic mass is 32.2. The Balaban J connectivity index is 1.52. The van der Waals surface area contributed by atoms with Crippen LogP contribution in [0.1, 0.15) is 22.5 Å². The summed E-state index contributed by atoms with van der Waals surface area (Å²) in [6.45, 7) is 1.63. The van der Waals surface area contributed by atoms with E-state index in [-0.39, 0.29) is 34.6 Å². The molecule has 0 radical (unpaired) electrons. The highest BCUT2D eigenvalue weighted by molar-refractivity contribution is 7.91. The van der Waals surface area contributed by atoms with Gasteiger partial charge in [-0.2, -0.15) is 0 Å². The minimum absolute atomic E-state index is 0.0389. The van der Waals surface area contributed by atoms with E-state index in [2.05, 4.69) is 5.32 Å². The lowest BCUT2D eigenvalue weighted by atomic mass is 10.1. The number of amides is 1. The lowest BCUT2D eigenvalue weighted by Crippen LogP contribution is -2.35. The van der Waals surface area contributed by atoms with Crippen LogP contribution in [-0.2, 0) is 9.84 Å². The number of benzene rings is 2. The quantitative estimate of drug-likeness (QED) is 0.645. The Bertz CT molecular complexity index is 1310. The first-order valence-electron chi connectivity index (χ1n) is 9.66. The Hall–Kier alpha value is -3.33. The summed E-state index contributed by atoms with van der Waals surface area (Å²) in [5, 5.41) is 3.10. The van der Waals surface area contributed by atoms with E-state index >= 15 is 0 Å². The van der Waals surface area contributed by atoms with Gasteiger partial charge >= 0.3 is 0 Å². The average molecular weight is 443 g/mol. The largest absolute Gasteiger partial charge is 0.497 e. The molecule has 2 heterocycles. The van der Waals surface area contributed by atoms with Crippen LogP contribution in [0.25, 0.3) is 11.0 Å². The second-order valence-electron chi connectivity index (χ2n) is 7.38. The Labute approximate surface area is 178 Å². The van der Waals surface area contributed by atoms with Gasteiger partial charge < -0.3 is 19.2 Å². The lowest BCUT2D eigenvalue weighted by Gasteiger charge is -2.12. The molecule has 31 heavy (non-hydrogen) atoms. The predicted molar refractivity (Wildman–Crippen MR) is 115 cm³/mol. The van der Waals surface area contributed by atoms with E-state index < -0.39 is 9.84 Å². The standard InChI is InChI=1S/C22H21NO7S/c1-13-21(20(24)18-8-7-17(28-2)11-19(18)29-13)30-16-5-3-14(4-6-16)22(25)23-15-9-10-31(26,27)12-15/h3-8,11,15H,9-10,12H2,1-2H3,(H,23,25)/t15-/m1/s1. The van der Waals surface area contributed by atoms with Gasteiger partial charge in [-0.05, 0) is 49.7 Å². The zero-order valence-electron chi connectivity index (χ0n) is 17.0. The molecule has 0 unspecified atom stereocenters. The fourth-order valence-corrected chi connectivity index (χ4v) is 5.16. The van der Waals surface area contributed by atoms with Crippen LogP contribution < -0.4 is 20.2 Å². The molecule has 1 N–H and O–H groups in total. The predicted octanol–water partition coefficient (Wildman–Crippen LogP) is 2.82. The number of rotatable bonds is 5. The molecule has 2 aromatic carbocycles. The van der Waals surface area contributed by atoms with Crippen LogP contribution in [0.15, 0.2) is 51.7 Å². The van der Waals surface area contributed by atoms with Crippen molar-refractivity contribution in [1.29, 1.82) is 0 Å². The lowest BCUT2D eigenvalue weighted by molar-refractivity contribution is 0.0941. The van der Waals surface area contributed by atoms with Crippen LogP contribution in [-0.4, -0.2) is 39.0 Å². The second kappa shape index (κ2) is 8.07. The first-order valence-corrected chi connectivity index (χ1v) is 11.5. The van der Waals surface area contributed by atoms with Crippen molar-refractivity contribution in [2.45, 2.75) is 19.4 Å². The van der Waals surface area contributed by atoms with Crippen molar-refractivity contribution in [3.63, 3.8) is 0 Å². The van der Waals surface area contributed by atoms with Crippen LogP contribution in [0.2, 0.25) is 0 Å². The van der Waals surface area contributed by atoms with Gasteiger partial charge in [0.2, 0.25) is 11.2 Å². The molecule has 1 amide bonds. The fourth-order valence-electron chi connectivity index (χ4n) is 3.48. The SMILES string of the molecule is COc1ccc2c(=O)c(Oc3ccc(C(=O)N[C@@H]4CCS(=O)(=O)C4)cc3)c(C)oc2c1. The van der Waals surface area contributed by atoms with E-state index in [1.54, 1.807) is 49.4 Å². The highest BCUT2D eigenvalue weighted by Crippen LogP contribution is 2.27. The maximum Gasteiger partial charge on any atom is 0.251 e. The minimum atomic E-state index is -3.07. The Morgan fingerprint density at radius 2 is 1.84 bits per heavy atom. The number of hydrogen-bond donors (Lipinski definition) is 1. The molecular formula is C22H21NO7S. The number of ether oxygens (including phenoxy) is 2. The number of nitrogens with one attached hydrogen (secondary N) is 1. The summed E-state index contributed by atoms with van der Waals surface area (Å²) in [6, 6.07) is 10.8. The van der Waals surface area contributed by atoms with Crippen molar-refractivity contribution < 1.29 is 27.1 Å². The van der Waals surface area contributed by atoms with Crippen molar-refractivity contribution in [3.05, 3.63) is 64.0 Å². The van der Waals surface area contributed by atoms with Crippen LogP contribution in [0.4, 0.5) is 0 Å². The molecule has 0 bridgehead atoms. The van der Waals surface area contributed by atoms with Crippen molar-refractivity contribution in [2.24, 2.45) is 0 Å². The summed E-state index contributed by atoms with van der Waals surface area (Å²) in [6.07, 6.45) is 0.415. The number of carbonyl (C=O) groups is 1. The van der Waals surface area contributed by atoms with Crippen LogP contribution in [0.3, 0.4) is 0 Å². The number of aryl methyl sites for hydroxylation is 1. The molecule has 1 atom stereocenters. The van der Waals surface area contributed by atoms with Crippen LogP contribution >= 0.6 is 0 Å². The van der Waals surface area contributed by atoms with E-state index in [1.165, 1.54) is 7.11 Å². The van der Waals surface area contributed by atoms with Gasteiger partial charge in [0, 0.05) is 17.7 Å². The fraction of sp³-hybridized carbons (Fsp3) is 0.273. The van der Waals surface area contributed by atoms with Gasteiger partial charge in [0.1, 0.15) is 22.8 Å². The number of hydrogen-bond acceptors (Lipinski definition) is 7. The molecule has 4 rings (SSSR count). The molecule has 0 spiro atoms. The minimum Gasteiger partial charge on any atom is -0.497 e. The van der Waals surface area contributed by atoms with Gasteiger partial charge in [0.25, 0.3) is 5.91 Å². The summed E-state index contributed by atoms with van der Waals surface area (Å²) in [5.74, 6) is 1.01. The van der Waals surface area contributed by atoms with Gasteiger partial charge in [-0.15, -0.1) is 0 Å². The van der Waals surface area contributed by atoms with Gasteiger partial charge in [0.05, 0.1) is 24.0 Å². The topological polar surface area (TPSA) is 112 Å². The zero-order chi connectivity index (χ0) is 22.2. The first kappa shape index (κ1) is 20.9. The Morgan fingerprint density at radius 1 is 1.13 bits per heavy atom. The van der Waals surface area contributed by atoms with Crippen LogP contribution in [0, 0.1) is 6.92 Å². The average Bonchev–Trinajstić information content (AvgIpc) is 3.09. The highest BCUT2D eigenvalue weighted by Gasteiger charge is 2.29. The normalized spacial score (nSPS) is 17.4. The number of sulfone groups is 1. The Kier molecular flexibility index (Phi) is 5.45. The smallest absolute Gasteiger partial charge is 0.251 e. The van der Waals surface area contributed by atoms with Crippen LogP contribution in [0.5, 0.6) is 17.2 Å². The van der Waals surface area contributed by atoms with E-state index in [1.807, 2.05) is 0 Å². The Morgan fingerprint density at radius 3 is 2.48 bits per heavy atom. The van der Waals surface area contributed by atoms with Crippen molar-refractivity contribution >= 4 is 26.7 Å². The van der Waals surface area contributed by atoms with E-state index in [0.29, 0.717) is 40.2 Å². The molecule has 1 fully saturated rings. The van der Waals surface area contributed by atoms with Gasteiger partial charge in [-0.1, -0.05) is 0 Å². The molecule has 162 valence electrons. The summed E-state index contributed by atoms with van der Waals surface area (Å²) in [7, 11) is -1.54. The summed E-state index contributed by atoms with van der Waals surface area (Å²) >= 11 is 0.